The quantitative estimate of drug-likeness (QED) is 0.511. The topological polar surface area (TPSA) is 83.0 Å². The van der Waals surface area contributed by atoms with Crippen molar-refractivity contribution < 1.29 is 4.74 Å². The number of thioether (sulfide) groups is 1. The molecule has 8 heteroatoms. The van der Waals surface area contributed by atoms with Gasteiger partial charge in [0, 0.05) is 10.8 Å². The van der Waals surface area contributed by atoms with Crippen molar-refractivity contribution >= 4 is 23.4 Å². The van der Waals surface area contributed by atoms with Crippen molar-refractivity contribution in [1.29, 1.82) is 0 Å². The van der Waals surface area contributed by atoms with Crippen molar-refractivity contribution in [3.63, 3.8) is 0 Å². The summed E-state index contributed by atoms with van der Waals surface area (Å²) >= 11 is 7.08. The molecule has 0 saturated heterocycles. The third-order valence-electron chi connectivity index (χ3n) is 2.42. The van der Waals surface area contributed by atoms with Gasteiger partial charge in [-0.25, -0.2) is 0 Å². The van der Waals surface area contributed by atoms with Gasteiger partial charge in [-0.2, -0.15) is 4.68 Å². The largest absolute Gasteiger partial charge is 0.493 e. The van der Waals surface area contributed by atoms with Crippen molar-refractivity contribution in [3.8, 4) is 5.75 Å². The first-order valence-corrected chi connectivity index (χ1v) is 7.17. The molecule has 6 nitrogen and oxygen atoms in total. The minimum atomic E-state index is -0.346. The van der Waals surface area contributed by atoms with Crippen LogP contribution >= 0.6 is 23.4 Å². The smallest absolute Gasteiger partial charge is 0.294 e. The van der Waals surface area contributed by atoms with Gasteiger partial charge < -0.3 is 10.6 Å². The highest BCUT2D eigenvalue weighted by molar-refractivity contribution is 7.99. The zero-order chi connectivity index (χ0) is 14.5. The molecule has 2 rings (SSSR count). The number of hydrogen-bond acceptors (Lipinski definition) is 6. The van der Waals surface area contributed by atoms with E-state index in [1.54, 1.807) is 31.2 Å². The van der Waals surface area contributed by atoms with Crippen molar-refractivity contribution in [1.82, 2.24) is 14.9 Å². The van der Waals surface area contributed by atoms with Gasteiger partial charge in [-0.1, -0.05) is 23.4 Å². The first-order chi connectivity index (χ1) is 9.58. The maximum Gasteiger partial charge on any atom is 0.294 e. The van der Waals surface area contributed by atoms with E-state index in [2.05, 4.69) is 10.2 Å². The van der Waals surface area contributed by atoms with Crippen LogP contribution in [0.1, 0.15) is 5.69 Å². The molecule has 0 radical (unpaired) electrons. The Morgan fingerprint density at radius 2 is 2.05 bits per heavy atom. The predicted octanol–water partition coefficient (Wildman–Crippen LogP) is 1.49. The SMILES string of the molecule is Cc1nnc(SCCOc2ccc(Cl)cc2)n(N)c1=O. The molecule has 2 aromatic rings. The number of halogens is 1. The lowest BCUT2D eigenvalue weighted by Gasteiger charge is -2.07. The Balaban J connectivity index is 1.86. The third kappa shape index (κ3) is 3.64. The first-order valence-electron chi connectivity index (χ1n) is 5.80. The number of nitrogen functional groups attached to an aromatic ring is 1. The van der Waals surface area contributed by atoms with Crippen LogP contribution in [0.5, 0.6) is 5.75 Å². The summed E-state index contributed by atoms with van der Waals surface area (Å²) in [6, 6.07) is 7.09. The van der Waals surface area contributed by atoms with Crippen LogP contribution in [-0.2, 0) is 0 Å². The Bertz CT molecular complexity index is 645. The van der Waals surface area contributed by atoms with Crippen molar-refractivity contribution in [2.75, 3.05) is 18.2 Å². The molecule has 0 bridgehead atoms. The van der Waals surface area contributed by atoms with E-state index in [1.165, 1.54) is 11.8 Å². The summed E-state index contributed by atoms with van der Waals surface area (Å²) in [4.78, 5) is 11.6. The number of benzene rings is 1. The van der Waals surface area contributed by atoms with Crippen molar-refractivity contribution in [2.45, 2.75) is 12.1 Å². The number of hydrogen-bond donors (Lipinski definition) is 1. The van der Waals surface area contributed by atoms with Crippen LogP contribution in [0.4, 0.5) is 0 Å². The molecule has 0 unspecified atom stereocenters. The van der Waals surface area contributed by atoms with E-state index in [0.717, 1.165) is 10.4 Å². The highest BCUT2D eigenvalue weighted by Crippen LogP contribution is 2.16. The Morgan fingerprint density at radius 3 is 2.75 bits per heavy atom. The second kappa shape index (κ2) is 6.62. The molecule has 0 aliphatic rings. The van der Waals surface area contributed by atoms with Crippen LogP contribution in [0.2, 0.25) is 5.02 Å². The van der Waals surface area contributed by atoms with Gasteiger partial charge in [-0.05, 0) is 31.2 Å². The number of nitrogens with two attached hydrogens (primary N) is 1. The van der Waals surface area contributed by atoms with Gasteiger partial charge in [0.25, 0.3) is 5.56 Å². The highest BCUT2D eigenvalue weighted by atomic mass is 35.5. The van der Waals surface area contributed by atoms with Crippen LogP contribution < -0.4 is 16.1 Å². The van der Waals surface area contributed by atoms with E-state index in [4.69, 9.17) is 22.2 Å². The van der Waals surface area contributed by atoms with Gasteiger partial charge in [0.05, 0.1) is 6.61 Å². The monoisotopic (exact) mass is 312 g/mol. The molecule has 0 amide bonds. The van der Waals surface area contributed by atoms with Gasteiger partial charge in [-0.15, -0.1) is 10.2 Å². The summed E-state index contributed by atoms with van der Waals surface area (Å²) in [5.41, 5.74) is -0.0737. The van der Waals surface area contributed by atoms with Crippen LogP contribution in [0.25, 0.3) is 0 Å². The van der Waals surface area contributed by atoms with E-state index in [0.29, 0.717) is 22.5 Å². The average Bonchev–Trinajstić information content (AvgIpc) is 2.45. The number of rotatable bonds is 5. The van der Waals surface area contributed by atoms with Crippen LogP contribution in [0.3, 0.4) is 0 Å². The Hall–Kier alpha value is -1.73. The van der Waals surface area contributed by atoms with Crippen molar-refractivity contribution in [3.05, 3.63) is 45.3 Å². The summed E-state index contributed by atoms with van der Waals surface area (Å²) in [7, 11) is 0. The number of aryl methyl sites for hydroxylation is 1. The van der Waals surface area contributed by atoms with Gasteiger partial charge in [0.15, 0.2) is 0 Å². The molecular weight excluding hydrogens is 300 g/mol. The summed E-state index contributed by atoms with van der Waals surface area (Å²) < 4.78 is 6.52. The molecule has 0 saturated carbocycles. The minimum Gasteiger partial charge on any atom is -0.493 e. The molecule has 1 aromatic heterocycles. The van der Waals surface area contributed by atoms with E-state index < -0.39 is 0 Å². The van der Waals surface area contributed by atoms with E-state index in [1.807, 2.05) is 0 Å². The van der Waals surface area contributed by atoms with Gasteiger partial charge in [0.2, 0.25) is 5.16 Å². The summed E-state index contributed by atoms with van der Waals surface area (Å²) in [6.45, 7) is 2.02. The summed E-state index contributed by atoms with van der Waals surface area (Å²) in [5.74, 6) is 6.94. The predicted molar refractivity (Wildman–Crippen MR) is 78.9 cm³/mol. The molecular formula is C12H13ClN4O2S. The highest BCUT2D eigenvalue weighted by Gasteiger charge is 2.07. The molecule has 1 heterocycles. The molecule has 0 spiro atoms. The molecule has 0 atom stereocenters. The third-order valence-corrected chi connectivity index (χ3v) is 3.58. The molecule has 106 valence electrons. The Kier molecular flexibility index (Phi) is 4.86. The normalized spacial score (nSPS) is 10.5. The minimum absolute atomic E-state index is 0.272. The standard InChI is InChI=1S/C12H13ClN4O2S/c1-8-11(18)17(14)12(16-15-8)20-7-6-19-10-4-2-9(13)3-5-10/h2-5H,6-7,14H2,1H3. The Morgan fingerprint density at radius 1 is 1.35 bits per heavy atom. The van der Waals surface area contributed by atoms with Crippen molar-refractivity contribution in [2.24, 2.45) is 0 Å². The Labute approximate surface area is 124 Å². The van der Waals surface area contributed by atoms with E-state index in [-0.39, 0.29) is 11.3 Å². The van der Waals surface area contributed by atoms with Crippen LogP contribution in [-0.4, -0.2) is 27.2 Å². The fourth-order valence-corrected chi connectivity index (χ4v) is 2.19. The van der Waals surface area contributed by atoms with Crippen LogP contribution in [0, 0.1) is 6.92 Å². The molecule has 1 aromatic carbocycles. The van der Waals surface area contributed by atoms with Gasteiger partial charge in [0.1, 0.15) is 11.4 Å². The van der Waals surface area contributed by atoms with Gasteiger partial charge >= 0.3 is 0 Å². The molecule has 0 fully saturated rings. The number of nitrogens with zero attached hydrogens (tertiary/aromatic N) is 3. The van der Waals surface area contributed by atoms with Crippen LogP contribution in [0.15, 0.2) is 34.2 Å². The zero-order valence-corrected chi connectivity index (χ0v) is 12.3. The lowest BCUT2D eigenvalue weighted by molar-refractivity contribution is 0.344. The lowest BCUT2D eigenvalue weighted by atomic mass is 10.3. The maximum absolute atomic E-state index is 11.6. The average molecular weight is 313 g/mol. The lowest BCUT2D eigenvalue weighted by Crippen LogP contribution is -2.32. The molecule has 2 N–H and O–H groups in total. The molecule has 0 aliphatic heterocycles. The van der Waals surface area contributed by atoms with E-state index >= 15 is 0 Å². The van der Waals surface area contributed by atoms with E-state index in [9.17, 15) is 4.79 Å². The second-order valence-electron chi connectivity index (χ2n) is 3.89. The first kappa shape index (κ1) is 14.7. The number of ether oxygens (including phenoxy) is 1. The fourth-order valence-electron chi connectivity index (χ4n) is 1.39. The number of aromatic nitrogens is 3. The molecule has 20 heavy (non-hydrogen) atoms. The summed E-state index contributed by atoms with van der Waals surface area (Å²) in [5, 5.41) is 8.64. The molecule has 0 aliphatic carbocycles. The zero-order valence-electron chi connectivity index (χ0n) is 10.7. The maximum atomic E-state index is 11.6. The second-order valence-corrected chi connectivity index (χ2v) is 5.39. The summed E-state index contributed by atoms with van der Waals surface area (Å²) in [6.07, 6.45) is 0. The fraction of sp³-hybridized carbons (Fsp3) is 0.250. The van der Waals surface area contributed by atoms with Gasteiger partial charge in [-0.3, -0.25) is 4.79 Å².